The lowest BCUT2D eigenvalue weighted by atomic mass is 9.87. The van der Waals surface area contributed by atoms with E-state index >= 15 is 0 Å². The van der Waals surface area contributed by atoms with Gasteiger partial charge in [-0.05, 0) is 35.2 Å². The molecule has 0 aliphatic heterocycles. The van der Waals surface area contributed by atoms with Crippen LogP contribution in [-0.2, 0) is 15.4 Å². The molecule has 0 fully saturated rings. The van der Waals surface area contributed by atoms with E-state index in [2.05, 4.69) is 10.0 Å². The normalized spacial score (nSPS) is 11.8. The van der Waals surface area contributed by atoms with Crippen LogP contribution in [0.2, 0.25) is 0 Å². The minimum atomic E-state index is -3.52. The quantitative estimate of drug-likeness (QED) is 0.727. The lowest BCUT2D eigenvalue weighted by molar-refractivity contribution is 0.102. The molecule has 6 nitrogen and oxygen atoms in total. The summed E-state index contributed by atoms with van der Waals surface area (Å²) < 4.78 is 25.2. The zero-order chi connectivity index (χ0) is 18.8. The van der Waals surface area contributed by atoms with Crippen LogP contribution in [-0.4, -0.2) is 25.7 Å². The number of carbonyl (C=O) groups excluding carboxylic acids is 1. The Morgan fingerprint density at radius 3 is 2.28 bits per heavy atom. The average Bonchev–Trinajstić information content (AvgIpc) is 2.47. The molecule has 0 heterocycles. The SMILES string of the molecule is CC(C)(C)c1ccc(O)c(NC(=O)c2ccccc2NS(C)(=O)=O)c1. The molecule has 134 valence electrons. The summed E-state index contributed by atoms with van der Waals surface area (Å²) in [5.41, 5.74) is 1.40. The Hall–Kier alpha value is -2.54. The van der Waals surface area contributed by atoms with Gasteiger partial charge in [0.25, 0.3) is 5.91 Å². The number of hydrogen-bond acceptors (Lipinski definition) is 4. The fourth-order valence-corrected chi connectivity index (χ4v) is 2.84. The van der Waals surface area contributed by atoms with Crippen LogP contribution in [0.25, 0.3) is 0 Å². The molecule has 0 bridgehead atoms. The van der Waals surface area contributed by atoms with Crippen LogP contribution < -0.4 is 10.0 Å². The van der Waals surface area contributed by atoms with Crippen molar-refractivity contribution in [2.45, 2.75) is 26.2 Å². The van der Waals surface area contributed by atoms with Crippen LogP contribution in [0.15, 0.2) is 42.5 Å². The number of carbonyl (C=O) groups is 1. The maximum atomic E-state index is 12.6. The maximum absolute atomic E-state index is 12.6. The fraction of sp³-hybridized carbons (Fsp3) is 0.278. The van der Waals surface area contributed by atoms with Crippen molar-refractivity contribution < 1.29 is 18.3 Å². The number of anilines is 2. The molecule has 0 spiro atoms. The standard InChI is InChI=1S/C18H22N2O4S/c1-18(2,3)12-9-10-16(21)15(11-12)19-17(22)13-7-5-6-8-14(13)20-25(4,23)24/h5-11,20-21H,1-4H3,(H,19,22). The van der Waals surface area contributed by atoms with Gasteiger partial charge < -0.3 is 10.4 Å². The van der Waals surface area contributed by atoms with E-state index in [1.165, 1.54) is 18.2 Å². The molecule has 2 aromatic carbocycles. The predicted molar refractivity (Wildman–Crippen MR) is 99.7 cm³/mol. The Bertz CT molecular complexity index is 900. The summed E-state index contributed by atoms with van der Waals surface area (Å²) in [6, 6.07) is 11.3. The van der Waals surface area contributed by atoms with Gasteiger partial charge >= 0.3 is 0 Å². The van der Waals surface area contributed by atoms with E-state index < -0.39 is 15.9 Å². The molecule has 25 heavy (non-hydrogen) atoms. The van der Waals surface area contributed by atoms with E-state index in [4.69, 9.17) is 0 Å². The van der Waals surface area contributed by atoms with E-state index in [-0.39, 0.29) is 28.1 Å². The van der Waals surface area contributed by atoms with Gasteiger partial charge in [-0.25, -0.2) is 8.42 Å². The van der Waals surface area contributed by atoms with Gasteiger partial charge in [-0.1, -0.05) is 39.0 Å². The Balaban J connectivity index is 2.35. The highest BCUT2D eigenvalue weighted by molar-refractivity contribution is 7.92. The zero-order valence-electron chi connectivity index (χ0n) is 14.6. The average molecular weight is 362 g/mol. The third-order valence-electron chi connectivity index (χ3n) is 3.58. The summed E-state index contributed by atoms with van der Waals surface area (Å²) in [4.78, 5) is 12.6. The van der Waals surface area contributed by atoms with Gasteiger partial charge in [0, 0.05) is 0 Å². The minimum Gasteiger partial charge on any atom is -0.506 e. The number of phenols is 1. The Morgan fingerprint density at radius 1 is 1.04 bits per heavy atom. The summed E-state index contributed by atoms with van der Waals surface area (Å²) in [7, 11) is -3.52. The number of phenolic OH excluding ortho intramolecular Hbond substituents is 1. The lowest BCUT2D eigenvalue weighted by Gasteiger charge is -2.20. The molecule has 0 aliphatic rings. The molecular formula is C18H22N2O4S. The highest BCUT2D eigenvalue weighted by atomic mass is 32.2. The van der Waals surface area contributed by atoms with Crippen molar-refractivity contribution in [2.24, 2.45) is 0 Å². The molecule has 2 aromatic rings. The Kier molecular flexibility index (Phi) is 5.08. The molecule has 0 aromatic heterocycles. The van der Waals surface area contributed by atoms with E-state index in [0.717, 1.165) is 11.8 Å². The molecular weight excluding hydrogens is 340 g/mol. The smallest absolute Gasteiger partial charge is 0.257 e. The molecule has 0 atom stereocenters. The van der Waals surface area contributed by atoms with Gasteiger partial charge in [-0.3, -0.25) is 9.52 Å². The van der Waals surface area contributed by atoms with Gasteiger partial charge in [0.2, 0.25) is 10.0 Å². The van der Waals surface area contributed by atoms with E-state index in [1.54, 1.807) is 24.3 Å². The van der Waals surface area contributed by atoms with E-state index in [0.29, 0.717) is 0 Å². The van der Waals surface area contributed by atoms with Crippen LogP contribution in [0.5, 0.6) is 5.75 Å². The molecule has 0 unspecified atom stereocenters. The third kappa shape index (κ3) is 4.96. The van der Waals surface area contributed by atoms with Gasteiger partial charge in [-0.2, -0.15) is 0 Å². The highest BCUT2D eigenvalue weighted by Crippen LogP contribution is 2.31. The van der Waals surface area contributed by atoms with Crippen LogP contribution in [0.1, 0.15) is 36.7 Å². The van der Waals surface area contributed by atoms with Gasteiger partial charge in [0.15, 0.2) is 0 Å². The van der Waals surface area contributed by atoms with Crippen molar-refractivity contribution in [3.05, 3.63) is 53.6 Å². The number of amides is 1. The van der Waals surface area contributed by atoms with Gasteiger partial charge in [0.1, 0.15) is 5.75 Å². The second-order valence-electron chi connectivity index (χ2n) is 6.86. The largest absolute Gasteiger partial charge is 0.506 e. The summed E-state index contributed by atoms with van der Waals surface area (Å²) in [5.74, 6) is -0.581. The summed E-state index contributed by atoms with van der Waals surface area (Å²) in [6.07, 6.45) is 1.01. The molecule has 2 rings (SSSR count). The van der Waals surface area contributed by atoms with Crippen molar-refractivity contribution in [3.8, 4) is 5.75 Å². The number of rotatable bonds is 4. The number of sulfonamides is 1. The van der Waals surface area contributed by atoms with Crippen LogP contribution in [0.3, 0.4) is 0 Å². The number of aromatic hydroxyl groups is 1. The lowest BCUT2D eigenvalue weighted by Crippen LogP contribution is -2.18. The van der Waals surface area contributed by atoms with Crippen molar-refractivity contribution in [1.82, 2.24) is 0 Å². The first kappa shape index (κ1) is 18.8. The predicted octanol–water partition coefficient (Wildman–Crippen LogP) is 3.31. The summed E-state index contributed by atoms with van der Waals surface area (Å²) >= 11 is 0. The molecule has 0 saturated heterocycles. The van der Waals surface area contributed by atoms with Crippen molar-refractivity contribution >= 4 is 27.3 Å². The maximum Gasteiger partial charge on any atom is 0.257 e. The van der Waals surface area contributed by atoms with E-state index in [1.807, 2.05) is 20.8 Å². The van der Waals surface area contributed by atoms with Crippen LogP contribution in [0.4, 0.5) is 11.4 Å². The molecule has 7 heteroatoms. The van der Waals surface area contributed by atoms with Crippen LogP contribution >= 0.6 is 0 Å². The Morgan fingerprint density at radius 2 is 1.68 bits per heavy atom. The fourth-order valence-electron chi connectivity index (χ4n) is 2.26. The summed E-state index contributed by atoms with van der Waals surface area (Å²) in [5, 5.41) is 12.7. The molecule has 1 amide bonds. The molecule has 0 aliphatic carbocycles. The van der Waals surface area contributed by atoms with Gasteiger partial charge in [-0.15, -0.1) is 0 Å². The molecule has 0 saturated carbocycles. The molecule has 3 N–H and O–H groups in total. The van der Waals surface area contributed by atoms with Crippen molar-refractivity contribution in [2.75, 3.05) is 16.3 Å². The first-order valence-electron chi connectivity index (χ1n) is 7.69. The zero-order valence-corrected chi connectivity index (χ0v) is 15.4. The molecule has 0 radical (unpaired) electrons. The van der Waals surface area contributed by atoms with Gasteiger partial charge in [0.05, 0.1) is 23.2 Å². The van der Waals surface area contributed by atoms with Crippen LogP contribution in [0, 0.1) is 0 Å². The minimum absolute atomic E-state index is 0.0603. The number of hydrogen-bond donors (Lipinski definition) is 3. The summed E-state index contributed by atoms with van der Waals surface area (Å²) in [6.45, 7) is 6.07. The Labute approximate surface area is 147 Å². The number of nitrogens with one attached hydrogen (secondary N) is 2. The first-order chi connectivity index (χ1) is 11.5. The second-order valence-corrected chi connectivity index (χ2v) is 8.60. The number of para-hydroxylation sites is 1. The number of benzene rings is 2. The topological polar surface area (TPSA) is 95.5 Å². The first-order valence-corrected chi connectivity index (χ1v) is 9.58. The highest BCUT2D eigenvalue weighted by Gasteiger charge is 2.18. The van der Waals surface area contributed by atoms with Crippen molar-refractivity contribution in [3.63, 3.8) is 0 Å². The second kappa shape index (κ2) is 6.76. The van der Waals surface area contributed by atoms with Crippen molar-refractivity contribution in [1.29, 1.82) is 0 Å². The third-order valence-corrected chi connectivity index (χ3v) is 4.17. The monoisotopic (exact) mass is 362 g/mol. The van der Waals surface area contributed by atoms with E-state index in [9.17, 15) is 18.3 Å².